The summed E-state index contributed by atoms with van der Waals surface area (Å²) >= 11 is 0. The summed E-state index contributed by atoms with van der Waals surface area (Å²) in [5.41, 5.74) is 8.35. The van der Waals surface area contributed by atoms with Crippen LogP contribution in [-0.2, 0) is 16.4 Å². The zero-order valence-electron chi connectivity index (χ0n) is 11.7. The number of hydrogen-bond acceptors (Lipinski definition) is 5. The summed E-state index contributed by atoms with van der Waals surface area (Å²) in [6, 6.07) is 8.96. The van der Waals surface area contributed by atoms with Gasteiger partial charge >= 0.3 is 0 Å². The summed E-state index contributed by atoms with van der Waals surface area (Å²) in [5, 5.41) is 13.1. The number of nitrogens with zero attached hydrogens (tertiary/aromatic N) is 3. The molecule has 1 aromatic heterocycles. The highest BCUT2D eigenvalue weighted by Crippen LogP contribution is 2.24. The van der Waals surface area contributed by atoms with Crippen LogP contribution in [0.3, 0.4) is 0 Å². The lowest BCUT2D eigenvalue weighted by atomic mass is 10.1. The lowest BCUT2D eigenvalue weighted by Crippen LogP contribution is -2.14. The number of aromatic nitrogens is 2. The molecule has 21 heavy (non-hydrogen) atoms. The summed E-state index contributed by atoms with van der Waals surface area (Å²) in [6.07, 6.45) is 1.62. The van der Waals surface area contributed by atoms with E-state index in [2.05, 4.69) is 5.10 Å². The Hall–Kier alpha value is -2.33. The Bertz CT molecular complexity index is 770. The van der Waals surface area contributed by atoms with E-state index >= 15 is 0 Å². The maximum absolute atomic E-state index is 11.5. The molecule has 0 aliphatic heterocycles. The highest BCUT2D eigenvalue weighted by atomic mass is 32.2. The summed E-state index contributed by atoms with van der Waals surface area (Å²) in [4.78, 5) is 0. The maximum atomic E-state index is 11.5. The van der Waals surface area contributed by atoms with Crippen molar-refractivity contribution < 1.29 is 8.42 Å². The van der Waals surface area contributed by atoms with Crippen LogP contribution in [0.4, 0.5) is 5.69 Å². The number of anilines is 1. The van der Waals surface area contributed by atoms with Crippen molar-refractivity contribution in [3.8, 4) is 17.3 Å². The molecule has 0 aliphatic rings. The SMILES string of the molecule is CCS(=O)(=O)CCn1cc(N)c(-c2ccc(C#N)cc2)n1. The van der Waals surface area contributed by atoms with E-state index in [4.69, 9.17) is 11.0 Å². The van der Waals surface area contributed by atoms with Gasteiger partial charge in [-0.25, -0.2) is 8.42 Å². The fraction of sp³-hybridized carbons (Fsp3) is 0.286. The zero-order chi connectivity index (χ0) is 15.5. The average Bonchev–Trinajstić information content (AvgIpc) is 2.86. The van der Waals surface area contributed by atoms with E-state index in [0.29, 0.717) is 16.9 Å². The van der Waals surface area contributed by atoms with Gasteiger partial charge in [0, 0.05) is 17.5 Å². The van der Waals surface area contributed by atoms with Gasteiger partial charge in [0.1, 0.15) is 5.69 Å². The van der Waals surface area contributed by atoms with Crippen molar-refractivity contribution >= 4 is 15.5 Å². The molecule has 6 nitrogen and oxygen atoms in total. The molecule has 0 aliphatic carbocycles. The molecular weight excluding hydrogens is 288 g/mol. The van der Waals surface area contributed by atoms with Gasteiger partial charge < -0.3 is 5.73 Å². The monoisotopic (exact) mass is 304 g/mol. The summed E-state index contributed by atoms with van der Waals surface area (Å²) < 4.78 is 24.5. The van der Waals surface area contributed by atoms with Crippen LogP contribution in [0.25, 0.3) is 11.3 Å². The molecule has 7 heteroatoms. The molecule has 0 radical (unpaired) electrons. The van der Waals surface area contributed by atoms with Crippen molar-refractivity contribution in [2.45, 2.75) is 13.5 Å². The Morgan fingerprint density at radius 3 is 2.57 bits per heavy atom. The van der Waals surface area contributed by atoms with Crippen LogP contribution >= 0.6 is 0 Å². The Morgan fingerprint density at radius 2 is 2.00 bits per heavy atom. The van der Waals surface area contributed by atoms with Gasteiger partial charge in [-0.3, -0.25) is 4.68 Å². The van der Waals surface area contributed by atoms with Gasteiger partial charge in [-0.15, -0.1) is 0 Å². The van der Waals surface area contributed by atoms with E-state index < -0.39 is 9.84 Å². The molecule has 1 heterocycles. The molecule has 0 unspecified atom stereocenters. The van der Waals surface area contributed by atoms with Crippen molar-refractivity contribution in [2.24, 2.45) is 0 Å². The molecule has 0 atom stereocenters. The number of sulfone groups is 1. The molecule has 1 aromatic carbocycles. The molecule has 0 amide bonds. The minimum Gasteiger partial charge on any atom is -0.396 e. The van der Waals surface area contributed by atoms with Gasteiger partial charge in [-0.1, -0.05) is 19.1 Å². The Kier molecular flexibility index (Phi) is 4.29. The number of benzene rings is 1. The number of nitrogens with two attached hydrogens (primary N) is 1. The van der Waals surface area contributed by atoms with Crippen molar-refractivity contribution in [2.75, 3.05) is 17.2 Å². The smallest absolute Gasteiger partial charge is 0.151 e. The average molecular weight is 304 g/mol. The number of aryl methyl sites for hydroxylation is 1. The lowest BCUT2D eigenvalue weighted by Gasteiger charge is -2.01. The van der Waals surface area contributed by atoms with Crippen LogP contribution in [-0.4, -0.2) is 29.7 Å². The second kappa shape index (κ2) is 5.97. The van der Waals surface area contributed by atoms with E-state index in [9.17, 15) is 8.42 Å². The van der Waals surface area contributed by atoms with Crippen LogP contribution < -0.4 is 5.73 Å². The van der Waals surface area contributed by atoms with Crippen LogP contribution in [0.15, 0.2) is 30.5 Å². The minimum atomic E-state index is -3.03. The van der Waals surface area contributed by atoms with Gasteiger partial charge in [0.15, 0.2) is 9.84 Å². The molecule has 2 aromatic rings. The Labute approximate surface area is 123 Å². The van der Waals surface area contributed by atoms with E-state index in [0.717, 1.165) is 5.56 Å². The minimum absolute atomic E-state index is 0.0391. The molecular formula is C14H16N4O2S. The Balaban J connectivity index is 2.21. The number of nitriles is 1. The van der Waals surface area contributed by atoms with Crippen molar-refractivity contribution in [1.82, 2.24) is 9.78 Å². The summed E-state index contributed by atoms with van der Waals surface area (Å²) in [6.45, 7) is 1.89. The van der Waals surface area contributed by atoms with Crippen molar-refractivity contribution in [3.63, 3.8) is 0 Å². The van der Waals surface area contributed by atoms with Gasteiger partial charge in [-0.2, -0.15) is 10.4 Å². The second-order valence-electron chi connectivity index (χ2n) is 4.62. The Morgan fingerprint density at radius 1 is 1.33 bits per heavy atom. The van der Waals surface area contributed by atoms with Crippen LogP contribution in [0.5, 0.6) is 0 Å². The third-order valence-corrected chi connectivity index (χ3v) is 4.83. The maximum Gasteiger partial charge on any atom is 0.151 e. The first-order valence-corrected chi connectivity index (χ1v) is 8.31. The van der Waals surface area contributed by atoms with Crippen molar-refractivity contribution in [3.05, 3.63) is 36.0 Å². The molecule has 2 N–H and O–H groups in total. The highest BCUT2D eigenvalue weighted by Gasteiger charge is 2.12. The third kappa shape index (κ3) is 3.61. The van der Waals surface area contributed by atoms with Crippen LogP contribution in [0, 0.1) is 11.3 Å². The quantitative estimate of drug-likeness (QED) is 0.900. The fourth-order valence-corrected chi connectivity index (χ4v) is 2.61. The fourth-order valence-electron chi connectivity index (χ4n) is 1.86. The zero-order valence-corrected chi connectivity index (χ0v) is 12.5. The second-order valence-corrected chi connectivity index (χ2v) is 7.09. The van der Waals surface area contributed by atoms with Gasteiger partial charge in [-0.05, 0) is 12.1 Å². The molecule has 0 bridgehead atoms. The molecule has 2 rings (SSSR count). The van der Waals surface area contributed by atoms with E-state index in [1.54, 1.807) is 37.4 Å². The first-order chi connectivity index (χ1) is 9.95. The predicted molar refractivity (Wildman–Crippen MR) is 81.1 cm³/mol. The van der Waals surface area contributed by atoms with E-state index in [1.165, 1.54) is 4.68 Å². The summed E-state index contributed by atoms with van der Waals surface area (Å²) in [5.74, 6) is 0.156. The van der Waals surface area contributed by atoms with Crippen LogP contribution in [0.1, 0.15) is 12.5 Å². The summed E-state index contributed by atoms with van der Waals surface area (Å²) in [7, 11) is -3.03. The van der Waals surface area contributed by atoms with E-state index in [-0.39, 0.29) is 18.1 Å². The van der Waals surface area contributed by atoms with E-state index in [1.807, 2.05) is 6.07 Å². The number of hydrogen-bond donors (Lipinski definition) is 1. The first kappa shape index (κ1) is 15.1. The first-order valence-electron chi connectivity index (χ1n) is 6.49. The number of nitrogen functional groups attached to an aromatic ring is 1. The molecule has 0 saturated heterocycles. The molecule has 0 spiro atoms. The molecule has 110 valence electrons. The molecule has 0 saturated carbocycles. The largest absolute Gasteiger partial charge is 0.396 e. The normalized spacial score (nSPS) is 11.2. The highest BCUT2D eigenvalue weighted by molar-refractivity contribution is 7.91. The van der Waals surface area contributed by atoms with Crippen molar-refractivity contribution in [1.29, 1.82) is 5.26 Å². The van der Waals surface area contributed by atoms with Gasteiger partial charge in [0.05, 0.1) is 29.6 Å². The van der Waals surface area contributed by atoms with Crippen LogP contribution in [0.2, 0.25) is 0 Å². The molecule has 0 fully saturated rings. The number of rotatable bonds is 5. The lowest BCUT2D eigenvalue weighted by molar-refractivity contribution is 0.582. The van der Waals surface area contributed by atoms with Gasteiger partial charge in [0.25, 0.3) is 0 Å². The van der Waals surface area contributed by atoms with Gasteiger partial charge in [0.2, 0.25) is 0 Å². The predicted octanol–water partition coefficient (Wildman–Crippen LogP) is 1.44. The topological polar surface area (TPSA) is 102 Å². The third-order valence-electron chi connectivity index (χ3n) is 3.15. The standard InChI is InChI=1S/C14H16N4O2S/c1-2-21(19,20)8-7-18-10-13(16)14(17-18)12-5-3-11(9-15)4-6-12/h3-6,10H,2,7-8,16H2,1H3.